The molecule has 0 spiro atoms. The molecule has 0 aliphatic heterocycles. The van der Waals surface area contributed by atoms with Crippen molar-refractivity contribution in [2.45, 2.75) is 6.92 Å². The van der Waals surface area contributed by atoms with Crippen LogP contribution >= 0.6 is 27.3 Å². The van der Waals surface area contributed by atoms with E-state index in [2.05, 4.69) is 31.2 Å². The fraction of sp³-hybridized carbons (Fsp3) is 0.0769. The molecule has 2 aromatic heterocycles. The molecule has 1 amide bonds. The molecular formula is C13H10BrN3OS. The molecule has 2 N–H and O–H groups in total. The van der Waals surface area contributed by atoms with Gasteiger partial charge in [0.2, 0.25) is 0 Å². The fourth-order valence-corrected chi connectivity index (χ4v) is 3.09. The number of carbonyl (C=O) groups excluding carboxylic acids is 1. The van der Waals surface area contributed by atoms with E-state index in [0.29, 0.717) is 10.8 Å². The summed E-state index contributed by atoms with van der Waals surface area (Å²) in [5.41, 5.74) is 2.55. The molecule has 6 heteroatoms. The van der Waals surface area contributed by atoms with Crippen LogP contribution in [0, 0.1) is 6.92 Å². The van der Waals surface area contributed by atoms with Crippen molar-refractivity contribution < 1.29 is 4.79 Å². The van der Waals surface area contributed by atoms with Gasteiger partial charge in [0.15, 0.2) is 5.13 Å². The molecule has 0 saturated carbocycles. The average Bonchev–Trinajstić information content (AvgIpc) is 2.96. The number of carbonyl (C=O) groups is 1. The Morgan fingerprint density at radius 2 is 2.32 bits per heavy atom. The Kier molecular flexibility index (Phi) is 3.12. The maximum Gasteiger partial charge on any atom is 0.273 e. The van der Waals surface area contributed by atoms with Crippen LogP contribution in [-0.2, 0) is 0 Å². The Labute approximate surface area is 122 Å². The Balaban J connectivity index is 1.89. The SMILES string of the molecule is Cc1cccc2sc(NC(=O)c3cc(Br)c[nH]3)nc12. The number of nitrogens with one attached hydrogen (secondary N) is 2. The summed E-state index contributed by atoms with van der Waals surface area (Å²) in [6, 6.07) is 7.73. The summed E-state index contributed by atoms with van der Waals surface area (Å²) in [5.74, 6) is -0.192. The molecule has 0 bridgehead atoms. The van der Waals surface area contributed by atoms with Gasteiger partial charge in [-0.15, -0.1) is 0 Å². The van der Waals surface area contributed by atoms with Crippen LogP contribution in [0.5, 0.6) is 0 Å². The summed E-state index contributed by atoms with van der Waals surface area (Å²) in [6.45, 7) is 2.01. The number of aromatic nitrogens is 2. The zero-order valence-corrected chi connectivity index (χ0v) is 12.4. The van der Waals surface area contributed by atoms with Gasteiger partial charge < -0.3 is 4.98 Å². The number of aromatic amines is 1. The number of amides is 1. The van der Waals surface area contributed by atoms with Crippen LogP contribution in [0.3, 0.4) is 0 Å². The minimum atomic E-state index is -0.192. The predicted octanol–water partition coefficient (Wildman–Crippen LogP) is 3.95. The molecular weight excluding hydrogens is 326 g/mol. The second kappa shape index (κ2) is 4.79. The molecule has 19 heavy (non-hydrogen) atoms. The zero-order valence-electron chi connectivity index (χ0n) is 10.0. The van der Waals surface area contributed by atoms with Crippen LogP contribution in [0.2, 0.25) is 0 Å². The second-order valence-corrected chi connectivity index (χ2v) is 6.07. The van der Waals surface area contributed by atoms with Gasteiger partial charge in [-0.05, 0) is 40.5 Å². The molecule has 3 aromatic rings. The number of thiazole rings is 1. The van der Waals surface area contributed by atoms with Crippen molar-refractivity contribution in [3.8, 4) is 0 Å². The number of hydrogen-bond acceptors (Lipinski definition) is 3. The van der Waals surface area contributed by atoms with Crippen molar-refractivity contribution in [2.24, 2.45) is 0 Å². The number of halogens is 1. The molecule has 3 rings (SSSR count). The molecule has 0 fully saturated rings. The number of fused-ring (bicyclic) bond motifs is 1. The Hall–Kier alpha value is -1.66. The number of rotatable bonds is 2. The lowest BCUT2D eigenvalue weighted by molar-refractivity contribution is 0.102. The number of benzene rings is 1. The largest absolute Gasteiger partial charge is 0.356 e. The van der Waals surface area contributed by atoms with E-state index in [0.717, 1.165) is 20.3 Å². The summed E-state index contributed by atoms with van der Waals surface area (Å²) in [5, 5.41) is 3.42. The van der Waals surface area contributed by atoms with E-state index in [1.165, 1.54) is 11.3 Å². The lowest BCUT2D eigenvalue weighted by Crippen LogP contribution is -2.11. The van der Waals surface area contributed by atoms with Crippen LogP contribution in [0.15, 0.2) is 34.9 Å². The Morgan fingerprint density at radius 1 is 1.47 bits per heavy atom. The van der Waals surface area contributed by atoms with Crippen LogP contribution < -0.4 is 5.32 Å². The first-order valence-corrected chi connectivity index (χ1v) is 7.26. The highest BCUT2D eigenvalue weighted by Crippen LogP contribution is 2.28. The lowest BCUT2D eigenvalue weighted by atomic mass is 10.2. The summed E-state index contributed by atoms with van der Waals surface area (Å²) in [7, 11) is 0. The smallest absolute Gasteiger partial charge is 0.273 e. The van der Waals surface area contributed by atoms with Crippen molar-refractivity contribution in [2.75, 3.05) is 5.32 Å². The minimum Gasteiger partial charge on any atom is -0.356 e. The van der Waals surface area contributed by atoms with E-state index in [4.69, 9.17) is 0 Å². The summed E-state index contributed by atoms with van der Waals surface area (Å²) < 4.78 is 1.92. The van der Waals surface area contributed by atoms with Crippen molar-refractivity contribution in [1.29, 1.82) is 0 Å². The third kappa shape index (κ3) is 2.41. The Morgan fingerprint density at radius 3 is 3.00 bits per heavy atom. The molecule has 0 saturated heterocycles. The van der Waals surface area contributed by atoms with E-state index >= 15 is 0 Å². The molecule has 0 aliphatic rings. The van der Waals surface area contributed by atoms with Crippen LogP contribution in [0.4, 0.5) is 5.13 Å². The first-order chi connectivity index (χ1) is 9.13. The first kappa shape index (κ1) is 12.4. The average molecular weight is 336 g/mol. The molecule has 1 aromatic carbocycles. The fourth-order valence-electron chi connectivity index (χ4n) is 1.80. The van der Waals surface area contributed by atoms with E-state index < -0.39 is 0 Å². The van der Waals surface area contributed by atoms with Crippen molar-refractivity contribution in [3.05, 3.63) is 46.2 Å². The normalized spacial score (nSPS) is 10.8. The highest BCUT2D eigenvalue weighted by Gasteiger charge is 2.12. The molecule has 4 nitrogen and oxygen atoms in total. The number of hydrogen-bond donors (Lipinski definition) is 2. The van der Waals surface area contributed by atoms with Gasteiger partial charge in [-0.3, -0.25) is 10.1 Å². The van der Waals surface area contributed by atoms with Gasteiger partial charge in [-0.1, -0.05) is 23.5 Å². The van der Waals surface area contributed by atoms with Crippen molar-refractivity contribution in [1.82, 2.24) is 9.97 Å². The minimum absolute atomic E-state index is 0.192. The molecule has 2 heterocycles. The number of nitrogens with zero attached hydrogens (tertiary/aromatic N) is 1. The zero-order chi connectivity index (χ0) is 13.4. The standard InChI is InChI=1S/C13H10BrN3OS/c1-7-3-2-4-10-11(7)16-13(19-10)17-12(18)9-5-8(14)6-15-9/h2-6,15H,1H3,(H,16,17,18). The van der Waals surface area contributed by atoms with Gasteiger partial charge in [0.1, 0.15) is 5.69 Å². The summed E-state index contributed by atoms with van der Waals surface area (Å²) in [4.78, 5) is 19.3. The first-order valence-electron chi connectivity index (χ1n) is 5.65. The quantitative estimate of drug-likeness (QED) is 0.744. The molecule has 0 atom stereocenters. The monoisotopic (exact) mass is 335 g/mol. The van der Waals surface area contributed by atoms with Crippen LogP contribution in [-0.4, -0.2) is 15.9 Å². The van der Waals surface area contributed by atoms with Gasteiger partial charge in [0.25, 0.3) is 5.91 Å². The molecule has 0 aliphatic carbocycles. The van der Waals surface area contributed by atoms with Gasteiger partial charge in [-0.2, -0.15) is 0 Å². The highest BCUT2D eigenvalue weighted by atomic mass is 79.9. The molecule has 0 radical (unpaired) electrons. The predicted molar refractivity (Wildman–Crippen MR) is 80.8 cm³/mol. The third-order valence-electron chi connectivity index (χ3n) is 2.73. The number of H-pyrrole nitrogens is 1. The van der Waals surface area contributed by atoms with Gasteiger partial charge in [0.05, 0.1) is 10.2 Å². The van der Waals surface area contributed by atoms with E-state index in [1.54, 1.807) is 12.3 Å². The summed E-state index contributed by atoms with van der Waals surface area (Å²) in [6.07, 6.45) is 1.72. The number of aryl methyl sites for hydroxylation is 1. The molecule has 96 valence electrons. The number of para-hydroxylation sites is 1. The van der Waals surface area contributed by atoms with Crippen molar-refractivity contribution in [3.63, 3.8) is 0 Å². The number of anilines is 1. The maximum absolute atomic E-state index is 12.0. The highest BCUT2D eigenvalue weighted by molar-refractivity contribution is 9.10. The van der Waals surface area contributed by atoms with E-state index in [-0.39, 0.29) is 5.91 Å². The lowest BCUT2D eigenvalue weighted by Gasteiger charge is -1.97. The van der Waals surface area contributed by atoms with E-state index in [1.807, 2.05) is 25.1 Å². The van der Waals surface area contributed by atoms with Gasteiger partial charge in [0, 0.05) is 10.7 Å². The van der Waals surface area contributed by atoms with Crippen LogP contribution in [0.25, 0.3) is 10.2 Å². The van der Waals surface area contributed by atoms with Crippen molar-refractivity contribution >= 4 is 48.5 Å². The third-order valence-corrected chi connectivity index (χ3v) is 4.13. The van der Waals surface area contributed by atoms with Crippen LogP contribution in [0.1, 0.15) is 16.1 Å². The second-order valence-electron chi connectivity index (χ2n) is 4.13. The Bertz CT molecular complexity index is 762. The van der Waals surface area contributed by atoms with E-state index in [9.17, 15) is 4.79 Å². The summed E-state index contributed by atoms with van der Waals surface area (Å²) >= 11 is 4.77. The topological polar surface area (TPSA) is 57.8 Å². The van der Waals surface area contributed by atoms with Gasteiger partial charge >= 0.3 is 0 Å². The maximum atomic E-state index is 12.0. The molecule has 0 unspecified atom stereocenters. The van der Waals surface area contributed by atoms with Gasteiger partial charge in [-0.25, -0.2) is 4.98 Å².